The zero-order valence-electron chi connectivity index (χ0n) is 11.8. The van der Waals surface area contributed by atoms with Gasteiger partial charge in [-0.05, 0) is 42.3 Å². The summed E-state index contributed by atoms with van der Waals surface area (Å²) in [6.07, 6.45) is 3.12. The van der Waals surface area contributed by atoms with Crippen molar-refractivity contribution in [3.8, 4) is 0 Å². The lowest BCUT2D eigenvalue weighted by molar-refractivity contribution is -0.126. The molecule has 5 heteroatoms. The first kappa shape index (κ1) is 14.7. The van der Waals surface area contributed by atoms with Crippen molar-refractivity contribution < 1.29 is 9.59 Å². The van der Waals surface area contributed by atoms with Crippen molar-refractivity contribution in [2.24, 2.45) is 0 Å². The third-order valence-electron chi connectivity index (χ3n) is 2.86. The van der Waals surface area contributed by atoms with Crippen LogP contribution >= 0.6 is 0 Å². The molecule has 0 saturated carbocycles. The van der Waals surface area contributed by atoms with Crippen molar-refractivity contribution in [1.82, 2.24) is 10.3 Å². The van der Waals surface area contributed by atoms with Gasteiger partial charge in [0.1, 0.15) is 6.42 Å². The summed E-state index contributed by atoms with van der Waals surface area (Å²) < 4.78 is 0. The number of aromatic nitrogens is 1. The molecule has 0 bridgehead atoms. The number of nitrogens with one attached hydrogen (secondary N) is 2. The maximum atomic E-state index is 11.8. The molecule has 0 fully saturated rings. The second-order valence-corrected chi connectivity index (χ2v) is 4.73. The highest BCUT2D eigenvalue weighted by molar-refractivity contribution is 6.03. The van der Waals surface area contributed by atoms with Gasteiger partial charge < -0.3 is 10.6 Å². The van der Waals surface area contributed by atoms with Crippen molar-refractivity contribution in [1.29, 1.82) is 0 Å². The van der Waals surface area contributed by atoms with Gasteiger partial charge in [0.25, 0.3) is 0 Å². The zero-order chi connectivity index (χ0) is 15.1. The Morgan fingerprint density at radius 1 is 1.10 bits per heavy atom. The van der Waals surface area contributed by atoms with E-state index in [9.17, 15) is 9.59 Å². The fraction of sp³-hybridized carbons (Fsp3) is 0.188. The molecule has 108 valence electrons. The molecule has 5 nitrogen and oxygen atoms in total. The van der Waals surface area contributed by atoms with Gasteiger partial charge >= 0.3 is 0 Å². The van der Waals surface area contributed by atoms with Crippen LogP contribution in [-0.2, 0) is 16.1 Å². The van der Waals surface area contributed by atoms with Crippen molar-refractivity contribution >= 4 is 17.5 Å². The lowest BCUT2D eigenvalue weighted by Gasteiger charge is -2.07. The van der Waals surface area contributed by atoms with Gasteiger partial charge in [0.2, 0.25) is 11.8 Å². The molecular weight excluding hydrogens is 266 g/mol. The van der Waals surface area contributed by atoms with Gasteiger partial charge in [-0.15, -0.1) is 0 Å². The van der Waals surface area contributed by atoms with Crippen LogP contribution in [0.5, 0.6) is 0 Å². The molecule has 0 atom stereocenters. The minimum absolute atomic E-state index is 0.195. The minimum atomic E-state index is -0.326. The number of hydrogen-bond acceptors (Lipinski definition) is 3. The number of aryl methyl sites for hydroxylation is 1. The van der Waals surface area contributed by atoms with E-state index >= 15 is 0 Å². The molecule has 2 N–H and O–H groups in total. The molecule has 21 heavy (non-hydrogen) atoms. The van der Waals surface area contributed by atoms with Crippen molar-refractivity contribution in [3.05, 3.63) is 59.9 Å². The summed E-state index contributed by atoms with van der Waals surface area (Å²) in [6.45, 7) is 2.33. The van der Waals surface area contributed by atoms with Gasteiger partial charge in [0.15, 0.2) is 0 Å². The fourth-order valence-electron chi connectivity index (χ4n) is 1.84. The average molecular weight is 283 g/mol. The summed E-state index contributed by atoms with van der Waals surface area (Å²) in [6, 6.07) is 11.1. The van der Waals surface area contributed by atoms with Crippen molar-refractivity contribution in [3.63, 3.8) is 0 Å². The van der Waals surface area contributed by atoms with Crippen molar-refractivity contribution in [2.75, 3.05) is 5.32 Å². The SMILES string of the molecule is Cc1cccc(NC(=O)CC(=O)NCc2ccncc2)c1. The van der Waals surface area contributed by atoms with Gasteiger partial charge in [0.05, 0.1) is 0 Å². The number of carbonyl (C=O) groups excluding carboxylic acids is 2. The second-order valence-electron chi connectivity index (χ2n) is 4.73. The van der Waals surface area contributed by atoms with Crippen LogP contribution in [0.15, 0.2) is 48.8 Å². The number of amides is 2. The number of rotatable bonds is 5. The molecule has 0 radical (unpaired) electrons. The average Bonchev–Trinajstić information content (AvgIpc) is 2.46. The lowest BCUT2D eigenvalue weighted by atomic mass is 10.2. The molecule has 0 unspecified atom stereocenters. The molecule has 2 aromatic rings. The number of carbonyl (C=O) groups is 2. The highest BCUT2D eigenvalue weighted by atomic mass is 16.2. The lowest BCUT2D eigenvalue weighted by Crippen LogP contribution is -2.27. The largest absolute Gasteiger partial charge is 0.352 e. The van der Waals surface area contributed by atoms with Crippen LogP contribution in [0.2, 0.25) is 0 Å². The van der Waals surface area contributed by atoms with E-state index in [-0.39, 0.29) is 18.2 Å². The van der Waals surface area contributed by atoms with Crippen LogP contribution in [0, 0.1) is 6.92 Å². The van der Waals surface area contributed by atoms with E-state index in [0.717, 1.165) is 11.1 Å². The van der Waals surface area contributed by atoms with Gasteiger partial charge in [-0.2, -0.15) is 0 Å². The highest BCUT2D eigenvalue weighted by Gasteiger charge is 2.09. The third kappa shape index (κ3) is 5.06. The molecule has 0 aliphatic rings. The second kappa shape index (κ2) is 7.19. The van der Waals surface area contributed by atoms with E-state index in [0.29, 0.717) is 12.2 Å². The van der Waals surface area contributed by atoms with Crippen LogP contribution in [0.25, 0.3) is 0 Å². The summed E-state index contributed by atoms with van der Waals surface area (Å²) in [7, 11) is 0. The smallest absolute Gasteiger partial charge is 0.233 e. The molecule has 2 rings (SSSR count). The number of anilines is 1. The van der Waals surface area contributed by atoms with E-state index in [1.807, 2.05) is 37.3 Å². The molecule has 0 spiro atoms. The number of benzene rings is 1. The Morgan fingerprint density at radius 3 is 2.57 bits per heavy atom. The molecule has 1 aromatic heterocycles. The number of nitrogens with zero attached hydrogens (tertiary/aromatic N) is 1. The van der Waals surface area contributed by atoms with Crippen LogP contribution in [-0.4, -0.2) is 16.8 Å². The Bertz CT molecular complexity index is 626. The molecule has 1 heterocycles. The quantitative estimate of drug-likeness (QED) is 0.825. The molecule has 0 saturated heterocycles. The van der Waals surface area contributed by atoms with Gasteiger partial charge in [-0.25, -0.2) is 0 Å². The van der Waals surface area contributed by atoms with E-state index < -0.39 is 0 Å². The standard InChI is InChI=1S/C16H17N3O2/c1-12-3-2-4-14(9-12)19-16(21)10-15(20)18-11-13-5-7-17-8-6-13/h2-9H,10-11H2,1H3,(H,18,20)(H,19,21). The van der Waals surface area contributed by atoms with Crippen LogP contribution < -0.4 is 10.6 Å². The van der Waals surface area contributed by atoms with Gasteiger partial charge in [0, 0.05) is 24.6 Å². The fourth-order valence-corrected chi connectivity index (χ4v) is 1.84. The Labute approximate surface area is 123 Å². The van der Waals surface area contributed by atoms with E-state index in [1.165, 1.54) is 0 Å². The number of pyridine rings is 1. The first-order chi connectivity index (χ1) is 10.1. The first-order valence-corrected chi connectivity index (χ1v) is 6.65. The molecule has 0 aliphatic carbocycles. The minimum Gasteiger partial charge on any atom is -0.352 e. The van der Waals surface area contributed by atoms with Gasteiger partial charge in [-0.1, -0.05) is 12.1 Å². The normalized spacial score (nSPS) is 9.95. The zero-order valence-corrected chi connectivity index (χ0v) is 11.8. The Balaban J connectivity index is 1.78. The van der Waals surface area contributed by atoms with E-state index in [4.69, 9.17) is 0 Å². The topological polar surface area (TPSA) is 71.1 Å². The van der Waals surface area contributed by atoms with E-state index in [2.05, 4.69) is 15.6 Å². The van der Waals surface area contributed by atoms with Crippen LogP contribution in [0.4, 0.5) is 5.69 Å². The Kier molecular flexibility index (Phi) is 5.04. The van der Waals surface area contributed by atoms with Crippen molar-refractivity contribution in [2.45, 2.75) is 19.9 Å². The third-order valence-corrected chi connectivity index (χ3v) is 2.86. The molecule has 1 aromatic carbocycles. The summed E-state index contributed by atoms with van der Waals surface area (Å²) in [5.41, 5.74) is 2.69. The molecule has 0 aliphatic heterocycles. The maximum Gasteiger partial charge on any atom is 0.233 e. The monoisotopic (exact) mass is 283 g/mol. The van der Waals surface area contributed by atoms with E-state index in [1.54, 1.807) is 18.5 Å². The molecular formula is C16H17N3O2. The molecule has 2 amide bonds. The Hall–Kier alpha value is -2.69. The summed E-state index contributed by atoms with van der Waals surface area (Å²) in [4.78, 5) is 27.4. The summed E-state index contributed by atoms with van der Waals surface area (Å²) in [5.74, 6) is -0.634. The Morgan fingerprint density at radius 2 is 1.86 bits per heavy atom. The number of hydrogen-bond donors (Lipinski definition) is 2. The summed E-state index contributed by atoms with van der Waals surface area (Å²) >= 11 is 0. The maximum absolute atomic E-state index is 11.8. The predicted octanol–water partition coefficient (Wildman–Crippen LogP) is 2.04. The highest BCUT2D eigenvalue weighted by Crippen LogP contribution is 2.09. The summed E-state index contributed by atoms with van der Waals surface area (Å²) in [5, 5.41) is 5.40. The van der Waals surface area contributed by atoms with Crippen LogP contribution in [0.3, 0.4) is 0 Å². The first-order valence-electron chi connectivity index (χ1n) is 6.65. The van der Waals surface area contributed by atoms with Crippen LogP contribution in [0.1, 0.15) is 17.5 Å². The predicted molar refractivity (Wildman–Crippen MR) is 80.5 cm³/mol. The van der Waals surface area contributed by atoms with Gasteiger partial charge in [-0.3, -0.25) is 14.6 Å².